The Kier molecular flexibility index (Phi) is 8.11. The number of benzene rings is 10. The quantitative estimate of drug-likeness (QED) is 0.173. The molecule has 314 valence electrons. The van der Waals surface area contributed by atoms with E-state index in [-0.39, 0.29) is 0 Å². The van der Waals surface area contributed by atoms with E-state index in [4.69, 9.17) is 0 Å². The maximum atomic E-state index is 11.0. The van der Waals surface area contributed by atoms with Gasteiger partial charge in [-0.2, -0.15) is 10.5 Å². The summed E-state index contributed by atoms with van der Waals surface area (Å²) in [5.74, 6) is 0. The molecular formula is C63H37N5. The van der Waals surface area contributed by atoms with Gasteiger partial charge in [0.05, 0.1) is 56.4 Å². The maximum Gasteiger partial charge on any atom is 0.0998 e. The molecule has 0 amide bonds. The summed E-state index contributed by atoms with van der Waals surface area (Å²) >= 11 is 0. The molecule has 13 aromatic rings. The first kappa shape index (κ1) is 37.9. The number of hydrogen-bond acceptors (Lipinski definition) is 2. The molecule has 0 spiro atoms. The number of nitrogens with zero attached hydrogens (tertiary/aromatic N) is 5. The summed E-state index contributed by atoms with van der Waals surface area (Å²) in [6.07, 6.45) is 0.888. The third-order valence-corrected chi connectivity index (χ3v) is 14.3. The minimum absolute atomic E-state index is 0.557. The van der Waals surface area contributed by atoms with Crippen molar-refractivity contribution in [3.05, 3.63) is 235 Å². The van der Waals surface area contributed by atoms with Crippen LogP contribution in [0.5, 0.6) is 0 Å². The van der Waals surface area contributed by atoms with Crippen LogP contribution in [0.1, 0.15) is 22.3 Å². The van der Waals surface area contributed by atoms with E-state index in [0.717, 1.165) is 78.7 Å². The van der Waals surface area contributed by atoms with Crippen LogP contribution < -0.4 is 0 Å². The van der Waals surface area contributed by atoms with E-state index in [1.54, 1.807) is 6.07 Å². The molecule has 14 rings (SSSR count). The molecule has 0 saturated carbocycles. The molecule has 3 heterocycles. The van der Waals surface area contributed by atoms with E-state index >= 15 is 0 Å². The van der Waals surface area contributed by atoms with Gasteiger partial charge in [-0.05, 0) is 136 Å². The van der Waals surface area contributed by atoms with Crippen molar-refractivity contribution in [2.75, 3.05) is 0 Å². The van der Waals surface area contributed by atoms with E-state index in [0.29, 0.717) is 11.1 Å². The van der Waals surface area contributed by atoms with Gasteiger partial charge in [0, 0.05) is 49.4 Å². The molecule has 68 heavy (non-hydrogen) atoms. The Morgan fingerprint density at radius 1 is 0.338 bits per heavy atom. The second kappa shape index (κ2) is 14.5. The van der Waals surface area contributed by atoms with Crippen LogP contribution in [0.3, 0.4) is 0 Å². The van der Waals surface area contributed by atoms with Crippen LogP contribution in [-0.4, -0.2) is 13.7 Å². The van der Waals surface area contributed by atoms with E-state index in [1.165, 1.54) is 54.7 Å². The highest BCUT2D eigenvalue weighted by atomic mass is 15.0. The zero-order valence-electron chi connectivity index (χ0n) is 36.7. The number of nitriles is 2. The Morgan fingerprint density at radius 3 is 1.78 bits per heavy atom. The average molecular weight is 864 g/mol. The third-order valence-electron chi connectivity index (χ3n) is 14.3. The third kappa shape index (κ3) is 5.48. The molecule has 0 unspecified atom stereocenters. The van der Waals surface area contributed by atoms with Crippen LogP contribution in [0, 0.1) is 22.7 Å². The zero-order chi connectivity index (χ0) is 45.0. The summed E-state index contributed by atoms with van der Waals surface area (Å²) in [5.41, 5.74) is 19.8. The minimum atomic E-state index is 0.557. The fourth-order valence-electron chi connectivity index (χ4n) is 11.4. The van der Waals surface area contributed by atoms with E-state index in [1.807, 2.05) is 24.3 Å². The van der Waals surface area contributed by atoms with Crippen molar-refractivity contribution in [3.63, 3.8) is 0 Å². The summed E-state index contributed by atoms with van der Waals surface area (Å²) in [6, 6.07) is 80.4. The number of aromatic nitrogens is 3. The maximum absolute atomic E-state index is 11.0. The monoisotopic (exact) mass is 863 g/mol. The molecule has 0 N–H and O–H groups in total. The summed E-state index contributed by atoms with van der Waals surface area (Å²) < 4.78 is 7.27. The van der Waals surface area contributed by atoms with Gasteiger partial charge < -0.3 is 13.7 Å². The fraction of sp³-hybridized carbons (Fsp3) is 0.0159. The lowest BCUT2D eigenvalue weighted by Gasteiger charge is -2.17. The smallest absolute Gasteiger partial charge is 0.0998 e. The Bertz CT molecular complexity index is 4370. The van der Waals surface area contributed by atoms with Crippen molar-refractivity contribution in [1.82, 2.24) is 13.7 Å². The lowest BCUT2D eigenvalue weighted by molar-refractivity contribution is 1.13. The van der Waals surface area contributed by atoms with Gasteiger partial charge in [-0.3, -0.25) is 0 Å². The Hall–Kier alpha value is -9.42. The van der Waals surface area contributed by atoms with Gasteiger partial charge in [0.2, 0.25) is 0 Å². The predicted octanol–water partition coefficient (Wildman–Crippen LogP) is 15.6. The van der Waals surface area contributed by atoms with Crippen molar-refractivity contribution in [1.29, 1.82) is 10.5 Å². The first-order valence-electron chi connectivity index (χ1n) is 23.0. The molecule has 1 aliphatic rings. The lowest BCUT2D eigenvalue weighted by Crippen LogP contribution is -2.01. The molecule has 0 aliphatic heterocycles. The lowest BCUT2D eigenvalue weighted by atomic mass is 9.94. The van der Waals surface area contributed by atoms with Crippen LogP contribution in [0.2, 0.25) is 0 Å². The molecule has 0 saturated heterocycles. The molecule has 5 heteroatoms. The number of fused-ring (bicyclic) bond motifs is 13. The Morgan fingerprint density at radius 2 is 1.00 bits per heavy atom. The highest BCUT2D eigenvalue weighted by Gasteiger charge is 2.25. The predicted molar refractivity (Wildman–Crippen MR) is 278 cm³/mol. The highest BCUT2D eigenvalue weighted by Crippen LogP contribution is 2.46. The van der Waals surface area contributed by atoms with Crippen molar-refractivity contribution in [3.8, 4) is 62.6 Å². The second-order valence-corrected chi connectivity index (χ2v) is 17.9. The summed E-state index contributed by atoms with van der Waals surface area (Å²) in [7, 11) is 0. The molecule has 10 aromatic carbocycles. The van der Waals surface area contributed by atoms with Crippen molar-refractivity contribution < 1.29 is 0 Å². The summed E-state index contributed by atoms with van der Waals surface area (Å²) in [6.45, 7) is 0. The van der Waals surface area contributed by atoms with Crippen molar-refractivity contribution >= 4 is 65.4 Å². The number of hydrogen-bond donors (Lipinski definition) is 0. The van der Waals surface area contributed by atoms with Crippen LogP contribution in [0.4, 0.5) is 0 Å². The largest absolute Gasteiger partial charge is 0.309 e. The highest BCUT2D eigenvalue weighted by molar-refractivity contribution is 6.26. The molecule has 0 atom stereocenters. The van der Waals surface area contributed by atoms with Gasteiger partial charge in [-0.1, -0.05) is 127 Å². The molecule has 5 nitrogen and oxygen atoms in total. The molecule has 0 bridgehead atoms. The van der Waals surface area contributed by atoms with Crippen LogP contribution in [-0.2, 0) is 6.42 Å². The first-order valence-corrected chi connectivity index (χ1v) is 23.0. The van der Waals surface area contributed by atoms with Gasteiger partial charge >= 0.3 is 0 Å². The number of rotatable bonds is 5. The molecule has 0 radical (unpaired) electrons. The van der Waals surface area contributed by atoms with Crippen LogP contribution in [0.15, 0.2) is 212 Å². The first-order chi connectivity index (χ1) is 33.6. The van der Waals surface area contributed by atoms with E-state index in [2.05, 4.69) is 208 Å². The van der Waals surface area contributed by atoms with E-state index < -0.39 is 0 Å². The topological polar surface area (TPSA) is 62.4 Å². The SMILES string of the molecule is N#Cc1cccc(-c2ccc(-c3cc(-n4c5ccccc5c5cc6c(cc54)Cc4ccccc4-6)cc(-n4c5ccccc5c5c4ccc4c6ccccc6n(-c6ccccc6)c45)c3)c(C#N)c2)c1. The second-order valence-electron chi connectivity index (χ2n) is 17.9. The van der Waals surface area contributed by atoms with Gasteiger partial charge in [-0.15, -0.1) is 0 Å². The zero-order valence-corrected chi connectivity index (χ0v) is 36.7. The van der Waals surface area contributed by atoms with Gasteiger partial charge in [0.1, 0.15) is 0 Å². The standard InChI is InChI=1S/C63H37N5/c64-37-39-13-12-15-40(29-39)41-25-26-49(45(30-41)38-65)44-32-47(35-48(33-44)67-57-22-9-7-20-52(57)56-36-55-43(34-61(56)67)31-42-14-4-5-18-50(42)55)66-59-24-11-8-21-54(59)62-60(66)28-27-53-51-19-6-10-23-58(51)68(63(53)62)46-16-2-1-3-17-46/h1-30,32-36H,31H2. The van der Waals surface area contributed by atoms with Gasteiger partial charge in [0.25, 0.3) is 0 Å². The van der Waals surface area contributed by atoms with E-state index in [9.17, 15) is 10.5 Å². The molecule has 3 aromatic heterocycles. The average Bonchev–Trinajstić information content (AvgIpc) is 4.14. The fourth-order valence-corrected chi connectivity index (χ4v) is 11.4. The molecular weight excluding hydrogens is 827 g/mol. The van der Waals surface area contributed by atoms with Crippen molar-refractivity contribution in [2.24, 2.45) is 0 Å². The van der Waals surface area contributed by atoms with Crippen LogP contribution >= 0.6 is 0 Å². The summed E-state index contributed by atoms with van der Waals surface area (Å²) in [5, 5.41) is 27.8. The summed E-state index contributed by atoms with van der Waals surface area (Å²) in [4.78, 5) is 0. The van der Waals surface area contributed by atoms with Crippen molar-refractivity contribution in [2.45, 2.75) is 6.42 Å². The Balaban J connectivity index is 1.08. The van der Waals surface area contributed by atoms with Gasteiger partial charge in [-0.25, -0.2) is 0 Å². The molecule has 1 aliphatic carbocycles. The van der Waals surface area contributed by atoms with Gasteiger partial charge in [0.15, 0.2) is 0 Å². The minimum Gasteiger partial charge on any atom is -0.309 e. The van der Waals surface area contributed by atoms with Crippen LogP contribution in [0.25, 0.3) is 116 Å². The Labute approximate surface area is 391 Å². The normalized spacial score (nSPS) is 12.0. The number of para-hydroxylation sites is 4. The molecule has 0 fully saturated rings.